The fraction of sp³-hybridized carbons (Fsp3) is 0.909. The van der Waals surface area contributed by atoms with Crippen molar-refractivity contribution in [2.45, 2.75) is 104 Å². The molecule has 4 nitrogen and oxygen atoms in total. The quantitative estimate of drug-likeness (QED) is 0.571. The second-order valence-electron chi connectivity index (χ2n) is 8.99. The third kappa shape index (κ3) is 5.39. The maximum absolute atomic E-state index is 11.5. The monoisotopic (exact) mass is 366 g/mol. The van der Waals surface area contributed by atoms with Gasteiger partial charge in [-0.2, -0.15) is 0 Å². The van der Waals surface area contributed by atoms with E-state index in [1.54, 1.807) is 6.92 Å². The van der Waals surface area contributed by atoms with Crippen molar-refractivity contribution >= 4 is 12.1 Å². The fourth-order valence-electron chi connectivity index (χ4n) is 4.52. The molecule has 2 rings (SSSR count). The van der Waals surface area contributed by atoms with E-state index in [0.29, 0.717) is 24.2 Å². The highest BCUT2D eigenvalue weighted by atomic mass is 16.7. The zero-order chi connectivity index (χ0) is 19.3. The zero-order valence-corrected chi connectivity index (χ0v) is 17.3. The van der Waals surface area contributed by atoms with Gasteiger partial charge in [0, 0.05) is 25.2 Å². The minimum absolute atomic E-state index is 0.104. The summed E-state index contributed by atoms with van der Waals surface area (Å²) in [6, 6.07) is 0. The molecule has 0 radical (unpaired) electrons. The molecule has 150 valence electrons. The highest BCUT2D eigenvalue weighted by Crippen LogP contribution is 2.45. The molecular formula is C22H38O4. The number of rotatable bonds is 8. The molecule has 0 saturated carbocycles. The predicted octanol–water partition coefficient (Wildman–Crippen LogP) is 4.93. The van der Waals surface area contributed by atoms with Crippen LogP contribution in [0.4, 0.5) is 0 Å². The molecule has 0 aromatic carbocycles. The molecule has 0 N–H and O–H groups in total. The average Bonchev–Trinajstić information content (AvgIpc) is 2.62. The first-order valence-electron chi connectivity index (χ1n) is 10.6. The van der Waals surface area contributed by atoms with Crippen LogP contribution in [0.5, 0.6) is 0 Å². The van der Waals surface area contributed by atoms with Crippen molar-refractivity contribution in [3.05, 3.63) is 0 Å². The standard InChI is InChI=1S/C22H38O4/c1-15(19(5)24)8-9-20-16(2)10-12-22(25-20)13-11-18(4)21(26-22)17(3)7-6-14-23/h14-18,20-21H,6-13H2,1-5H3/t15-,16+,17+,18-,20-,21-,22+/m0/s1. The van der Waals surface area contributed by atoms with Crippen LogP contribution >= 0.6 is 0 Å². The maximum atomic E-state index is 11.5. The molecule has 2 aliphatic rings. The van der Waals surface area contributed by atoms with Crippen molar-refractivity contribution in [3.8, 4) is 0 Å². The van der Waals surface area contributed by atoms with Gasteiger partial charge in [0.1, 0.15) is 12.1 Å². The number of hydrogen-bond donors (Lipinski definition) is 0. The SMILES string of the molecule is CC(=O)[C@@H](C)CC[C@@H]1O[C@@]2(CC[C@H]1C)CC[C@H](C)[C@H]([C@H](C)CCC=O)O2. The Labute approximate surface area is 159 Å². The number of ketones is 1. The Hall–Kier alpha value is -0.740. The first kappa shape index (κ1) is 21.6. The molecule has 26 heavy (non-hydrogen) atoms. The Morgan fingerprint density at radius 1 is 1.12 bits per heavy atom. The maximum Gasteiger partial charge on any atom is 0.169 e. The summed E-state index contributed by atoms with van der Waals surface area (Å²) in [4.78, 5) is 22.3. The van der Waals surface area contributed by atoms with Crippen molar-refractivity contribution in [3.63, 3.8) is 0 Å². The lowest BCUT2D eigenvalue weighted by atomic mass is 9.80. The van der Waals surface area contributed by atoms with E-state index >= 15 is 0 Å². The second kappa shape index (κ2) is 9.45. The molecular weight excluding hydrogens is 328 g/mol. The average molecular weight is 367 g/mol. The smallest absolute Gasteiger partial charge is 0.169 e. The summed E-state index contributed by atoms with van der Waals surface area (Å²) in [6.07, 6.45) is 8.76. The Kier molecular flexibility index (Phi) is 7.84. The van der Waals surface area contributed by atoms with Crippen LogP contribution in [0.15, 0.2) is 0 Å². The van der Waals surface area contributed by atoms with E-state index < -0.39 is 5.79 Å². The fourth-order valence-corrected chi connectivity index (χ4v) is 4.52. The number of carbonyl (C=O) groups excluding carboxylic acids is 2. The number of ether oxygens (including phenoxy) is 2. The Balaban J connectivity index is 2.00. The summed E-state index contributed by atoms with van der Waals surface area (Å²) in [6.45, 7) is 10.4. The van der Waals surface area contributed by atoms with Crippen LogP contribution in [0.3, 0.4) is 0 Å². The first-order valence-corrected chi connectivity index (χ1v) is 10.6. The van der Waals surface area contributed by atoms with E-state index in [0.717, 1.165) is 51.2 Å². The molecule has 2 saturated heterocycles. The van der Waals surface area contributed by atoms with Gasteiger partial charge in [-0.1, -0.05) is 27.7 Å². The van der Waals surface area contributed by atoms with Crippen molar-refractivity contribution in [1.29, 1.82) is 0 Å². The van der Waals surface area contributed by atoms with Gasteiger partial charge in [0.2, 0.25) is 0 Å². The minimum atomic E-state index is -0.455. The third-order valence-electron chi connectivity index (χ3n) is 6.75. The van der Waals surface area contributed by atoms with Gasteiger partial charge in [-0.25, -0.2) is 0 Å². The van der Waals surface area contributed by atoms with E-state index in [1.165, 1.54) is 0 Å². The summed E-state index contributed by atoms with van der Waals surface area (Å²) in [5.41, 5.74) is 0. The van der Waals surface area contributed by atoms with Gasteiger partial charge in [0.05, 0.1) is 12.2 Å². The number of aldehydes is 1. The van der Waals surface area contributed by atoms with Gasteiger partial charge in [-0.3, -0.25) is 4.79 Å². The van der Waals surface area contributed by atoms with Gasteiger partial charge in [-0.15, -0.1) is 0 Å². The number of Topliss-reactive ketones (excluding diaryl/α,β-unsaturated/α-hetero) is 1. The number of carbonyl (C=O) groups is 2. The summed E-state index contributed by atoms with van der Waals surface area (Å²) < 4.78 is 13.2. The molecule has 4 heteroatoms. The van der Waals surface area contributed by atoms with Crippen LogP contribution in [-0.4, -0.2) is 30.1 Å². The van der Waals surface area contributed by atoms with Gasteiger partial charge in [0.25, 0.3) is 0 Å². The van der Waals surface area contributed by atoms with E-state index in [4.69, 9.17) is 9.47 Å². The topological polar surface area (TPSA) is 52.6 Å². The second-order valence-corrected chi connectivity index (χ2v) is 8.99. The number of hydrogen-bond acceptors (Lipinski definition) is 4. The van der Waals surface area contributed by atoms with Crippen LogP contribution in [0.2, 0.25) is 0 Å². The summed E-state index contributed by atoms with van der Waals surface area (Å²) in [5, 5.41) is 0. The van der Waals surface area contributed by atoms with Gasteiger partial charge in [0.15, 0.2) is 5.79 Å². The molecule has 2 heterocycles. The summed E-state index contributed by atoms with van der Waals surface area (Å²) in [7, 11) is 0. The third-order valence-corrected chi connectivity index (χ3v) is 6.75. The molecule has 0 aromatic heterocycles. The lowest BCUT2D eigenvalue weighted by Gasteiger charge is -2.51. The van der Waals surface area contributed by atoms with Crippen LogP contribution in [-0.2, 0) is 19.1 Å². The Morgan fingerprint density at radius 2 is 1.77 bits per heavy atom. The van der Waals surface area contributed by atoms with E-state index in [1.807, 2.05) is 6.92 Å². The summed E-state index contributed by atoms with van der Waals surface area (Å²) >= 11 is 0. The van der Waals surface area contributed by atoms with Crippen LogP contribution < -0.4 is 0 Å². The molecule has 1 spiro atoms. The molecule has 0 aromatic rings. The Morgan fingerprint density at radius 3 is 2.38 bits per heavy atom. The largest absolute Gasteiger partial charge is 0.346 e. The molecule has 7 atom stereocenters. The Bertz CT molecular complexity index is 473. The molecule has 2 aliphatic heterocycles. The lowest BCUT2D eigenvalue weighted by molar-refractivity contribution is -0.337. The first-order chi connectivity index (χ1) is 12.3. The molecule has 0 aliphatic carbocycles. The van der Waals surface area contributed by atoms with Crippen LogP contribution in [0, 0.1) is 23.7 Å². The van der Waals surface area contributed by atoms with Crippen molar-refractivity contribution in [2.24, 2.45) is 23.7 Å². The lowest BCUT2D eigenvalue weighted by Crippen LogP contribution is -2.53. The van der Waals surface area contributed by atoms with E-state index in [2.05, 4.69) is 20.8 Å². The molecule has 0 bridgehead atoms. The summed E-state index contributed by atoms with van der Waals surface area (Å²) in [5.74, 6) is 1.28. The van der Waals surface area contributed by atoms with Crippen molar-refractivity contribution in [2.75, 3.05) is 0 Å². The highest BCUT2D eigenvalue weighted by molar-refractivity contribution is 5.77. The normalized spacial score (nSPS) is 37.3. The van der Waals surface area contributed by atoms with Gasteiger partial charge in [-0.05, 0) is 56.8 Å². The van der Waals surface area contributed by atoms with Crippen LogP contribution in [0.1, 0.15) is 86.0 Å². The highest BCUT2D eigenvalue weighted by Gasteiger charge is 2.47. The molecule has 0 unspecified atom stereocenters. The van der Waals surface area contributed by atoms with Crippen molar-refractivity contribution in [1.82, 2.24) is 0 Å². The predicted molar refractivity (Wildman–Crippen MR) is 103 cm³/mol. The van der Waals surface area contributed by atoms with Gasteiger partial charge >= 0.3 is 0 Å². The minimum Gasteiger partial charge on any atom is -0.346 e. The zero-order valence-electron chi connectivity index (χ0n) is 17.3. The van der Waals surface area contributed by atoms with Gasteiger partial charge < -0.3 is 14.3 Å². The van der Waals surface area contributed by atoms with Crippen molar-refractivity contribution < 1.29 is 19.1 Å². The molecule has 2 fully saturated rings. The molecule has 0 amide bonds. The van der Waals surface area contributed by atoms with E-state index in [-0.39, 0.29) is 23.9 Å². The van der Waals surface area contributed by atoms with E-state index in [9.17, 15) is 9.59 Å². The van der Waals surface area contributed by atoms with Crippen LogP contribution in [0.25, 0.3) is 0 Å².